The van der Waals surface area contributed by atoms with E-state index in [2.05, 4.69) is 34.1 Å². The van der Waals surface area contributed by atoms with Gasteiger partial charge in [0.05, 0.1) is 0 Å². The monoisotopic (exact) mass is 304 g/mol. The fourth-order valence-electron chi connectivity index (χ4n) is 2.12. The van der Waals surface area contributed by atoms with Crippen LogP contribution in [-0.2, 0) is 12.8 Å². The van der Waals surface area contributed by atoms with Crippen LogP contribution in [0, 0.1) is 5.92 Å². The van der Waals surface area contributed by atoms with Gasteiger partial charge in [-0.1, -0.05) is 64.5 Å². The summed E-state index contributed by atoms with van der Waals surface area (Å²) in [5.41, 5.74) is 2.54. The van der Waals surface area contributed by atoms with E-state index in [0.717, 1.165) is 17.3 Å². The minimum absolute atomic E-state index is 0.218. The van der Waals surface area contributed by atoms with Crippen LogP contribution < -0.4 is 0 Å². The molecule has 0 aromatic heterocycles. The van der Waals surface area contributed by atoms with Crippen molar-refractivity contribution in [3.8, 4) is 0 Å². The predicted molar refractivity (Wildman–Crippen MR) is 78.6 cm³/mol. The Morgan fingerprint density at radius 1 is 0.889 bits per heavy atom. The van der Waals surface area contributed by atoms with Crippen molar-refractivity contribution in [1.82, 2.24) is 0 Å². The lowest BCUT2D eigenvalue weighted by Crippen LogP contribution is -2.13. The molecule has 1 N–H and O–H groups in total. The van der Waals surface area contributed by atoms with E-state index in [9.17, 15) is 5.11 Å². The minimum Gasteiger partial charge on any atom is -0.396 e. The zero-order chi connectivity index (χ0) is 12.8. The molecule has 18 heavy (non-hydrogen) atoms. The highest BCUT2D eigenvalue weighted by Crippen LogP contribution is 2.21. The lowest BCUT2D eigenvalue weighted by molar-refractivity contribution is 0.225. The molecule has 0 aliphatic heterocycles. The second-order valence-corrected chi connectivity index (χ2v) is 5.39. The molecule has 2 heteroatoms. The van der Waals surface area contributed by atoms with Gasteiger partial charge in [0, 0.05) is 11.1 Å². The van der Waals surface area contributed by atoms with Gasteiger partial charge >= 0.3 is 0 Å². The van der Waals surface area contributed by atoms with E-state index in [-0.39, 0.29) is 12.5 Å². The number of aliphatic hydroxyl groups excluding tert-OH is 1. The van der Waals surface area contributed by atoms with Crippen LogP contribution >= 0.6 is 15.9 Å². The average molecular weight is 305 g/mol. The van der Waals surface area contributed by atoms with Crippen molar-refractivity contribution in [1.29, 1.82) is 0 Å². The van der Waals surface area contributed by atoms with Gasteiger partial charge in [-0.25, -0.2) is 0 Å². The van der Waals surface area contributed by atoms with Crippen LogP contribution in [0.2, 0.25) is 0 Å². The van der Waals surface area contributed by atoms with Gasteiger partial charge in [-0.2, -0.15) is 0 Å². The van der Waals surface area contributed by atoms with Crippen LogP contribution in [0.5, 0.6) is 0 Å². The van der Waals surface area contributed by atoms with Gasteiger partial charge in [-0.3, -0.25) is 0 Å². The van der Waals surface area contributed by atoms with Gasteiger partial charge < -0.3 is 5.11 Å². The Kier molecular flexibility index (Phi) is 4.97. The van der Waals surface area contributed by atoms with Gasteiger partial charge in [0.15, 0.2) is 0 Å². The molecule has 0 heterocycles. The van der Waals surface area contributed by atoms with Gasteiger partial charge in [0.2, 0.25) is 0 Å². The van der Waals surface area contributed by atoms with Crippen molar-refractivity contribution in [3.63, 3.8) is 0 Å². The molecule has 0 fully saturated rings. The van der Waals surface area contributed by atoms with E-state index in [1.807, 2.05) is 36.4 Å². The first-order chi connectivity index (χ1) is 8.79. The normalized spacial score (nSPS) is 12.3. The zero-order valence-electron chi connectivity index (χ0n) is 10.2. The van der Waals surface area contributed by atoms with Crippen molar-refractivity contribution < 1.29 is 5.11 Å². The van der Waals surface area contributed by atoms with E-state index >= 15 is 0 Å². The van der Waals surface area contributed by atoms with Crippen LogP contribution in [0.25, 0.3) is 0 Å². The highest BCUT2D eigenvalue weighted by Gasteiger charge is 2.11. The molecule has 0 bridgehead atoms. The molecular weight excluding hydrogens is 288 g/mol. The molecule has 0 saturated heterocycles. The third-order valence-electron chi connectivity index (χ3n) is 3.09. The number of hydrogen-bond acceptors (Lipinski definition) is 1. The summed E-state index contributed by atoms with van der Waals surface area (Å²) in [5.74, 6) is 0.270. The van der Waals surface area contributed by atoms with Crippen LogP contribution in [0.15, 0.2) is 59.1 Å². The lowest BCUT2D eigenvalue weighted by Gasteiger charge is -2.15. The molecule has 1 atom stereocenters. The van der Waals surface area contributed by atoms with Gasteiger partial charge in [-0.05, 0) is 36.0 Å². The maximum atomic E-state index is 9.52. The van der Waals surface area contributed by atoms with Gasteiger partial charge in [0.1, 0.15) is 0 Å². The van der Waals surface area contributed by atoms with E-state index in [4.69, 9.17) is 0 Å². The molecule has 0 spiro atoms. The summed E-state index contributed by atoms with van der Waals surface area (Å²) in [6, 6.07) is 18.5. The summed E-state index contributed by atoms with van der Waals surface area (Å²) in [7, 11) is 0. The molecule has 0 saturated carbocycles. The third kappa shape index (κ3) is 3.69. The predicted octanol–water partition coefficient (Wildman–Crippen LogP) is 3.84. The fourth-order valence-corrected chi connectivity index (χ4v) is 2.57. The Morgan fingerprint density at radius 3 is 2.22 bits per heavy atom. The molecule has 0 aliphatic carbocycles. The molecule has 2 aromatic carbocycles. The van der Waals surface area contributed by atoms with Crippen LogP contribution in [0.4, 0.5) is 0 Å². The smallest absolute Gasteiger partial charge is 0.0465 e. The standard InChI is InChI=1S/C16H17BrO/c17-16-9-5-4-8-15(16)11-14(12-18)10-13-6-2-1-3-7-13/h1-9,14,18H,10-12H2. The lowest BCUT2D eigenvalue weighted by atomic mass is 9.93. The van der Waals surface area contributed by atoms with Crippen LogP contribution in [0.1, 0.15) is 11.1 Å². The molecule has 1 unspecified atom stereocenters. The first-order valence-corrected chi connectivity index (χ1v) is 6.97. The van der Waals surface area contributed by atoms with Gasteiger partial charge in [0.25, 0.3) is 0 Å². The number of rotatable bonds is 5. The van der Waals surface area contributed by atoms with Crippen LogP contribution in [0.3, 0.4) is 0 Å². The highest BCUT2D eigenvalue weighted by molar-refractivity contribution is 9.10. The summed E-state index contributed by atoms with van der Waals surface area (Å²) < 4.78 is 1.12. The van der Waals surface area contributed by atoms with E-state index in [0.29, 0.717) is 0 Å². The molecule has 2 aromatic rings. The Labute approximate surface area is 117 Å². The summed E-state index contributed by atoms with van der Waals surface area (Å²) in [6.07, 6.45) is 1.81. The fraction of sp³-hybridized carbons (Fsp3) is 0.250. The molecule has 0 radical (unpaired) electrons. The van der Waals surface area contributed by atoms with Crippen molar-refractivity contribution in [3.05, 3.63) is 70.2 Å². The van der Waals surface area contributed by atoms with Crippen molar-refractivity contribution >= 4 is 15.9 Å². The first-order valence-electron chi connectivity index (χ1n) is 6.18. The molecule has 0 amide bonds. The first kappa shape index (κ1) is 13.3. The van der Waals surface area contributed by atoms with E-state index < -0.39 is 0 Å². The van der Waals surface area contributed by atoms with Crippen molar-refractivity contribution in [2.24, 2.45) is 5.92 Å². The van der Waals surface area contributed by atoms with E-state index in [1.165, 1.54) is 11.1 Å². The van der Waals surface area contributed by atoms with Crippen molar-refractivity contribution in [2.75, 3.05) is 6.61 Å². The Morgan fingerprint density at radius 2 is 1.56 bits per heavy atom. The van der Waals surface area contributed by atoms with Gasteiger partial charge in [-0.15, -0.1) is 0 Å². The Balaban J connectivity index is 2.04. The average Bonchev–Trinajstić information content (AvgIpc) is 2.41. The summed E-state index contributed by atoms with van der Waals surface area (Å²) in [4.78, 5) is 0. The molecule has 2 rings (SSSR count). The third-order valence-corrected chi connectivity index (χ3v) is 3.87. The SMILES string of the molecule is OCC(Cc1ccccc1)Cc1ccccc1Br. The maximum Gasteiger partial charge on any atom is 0.0465 e. The van der Waals surface area contributed by atoms with Crippen molar-refractivity contribution in [2.45, 2.75) is 12.8 Å². The highest BCUT2D eigenvalue weighted by atomic mass is 79.9. The second-order valence-electron chi connectivity index (χ2n) is 4.53. The number of halogens is 1. The molecular formula is C16H17BrO. The van der Waals surface area contributed by atoms with E-state index in [1.54, 1.807) is 0 Å². The minimum atomic E-state index is 0.218. The summed E-state index contributed by atoms with van der Waals surface area (Å²) in [6.45, 7) is 0.218. The Hall–Kier alpha value is -1.12. The number of hydrogen-bond donors (Lipinski definition) is 1. The second kappa shape index (κ2) is 6.72. The topological polar surface area (TPSA) is 20.2 Å². The quantitative estimate of drug-likeness (QED) is 0.890. The summed E-state index contributed by atoms with van der Waals surface area (Å²) >= 11 is 3.56. The summed E-state index contributed by atoms with van der Waals surface area (Å²) in [5, 5.41) is 9.52. The Bertz CT molecular complexity index is 481. The largest absolute Gasteiger partial charge is 0.396 e. The molecule has 1 nitrogen and oxygen atoms in total. The number of benzene rings is 2. The molecule has 94 valence electrons. The number of aliphatic hydroxyl groups is 1. The molecule has 0 aliphatic rings. The van der Waals surface area contributed by atoms with Crippen LogP contribution in [-0.4, -0.2) is 11.7 Å². The maximum absolute atomic E-state index is 9.52. The zero-order valence-corrected chi connectivity index (χ0v) is 11.8.